The Bertz CT molecular complexity index is 1300. The highest BCUT2D eigenvalue weighted by Crippen LogP contribution is 2.37. The van der Waals surface area contributed by atoms with Gasteiger partial charge in [0, 0.05) is 22.0 Å². The third kappa shape index (κ3) is 3.76. The molecule has 6 nitrogen and oxygen atoms in total. The van der Waals surface area contributed by atoms with Gasteiger partial charge in [0.15, 0.2) is 5.82 Å². The lowest BCUT2D eigenvalue weighted by Crippen LogP contribution is -2.31. The van der Waals surface area contributed by atoms with Gasteiger partial charge in [-0.15, -0.1) is 5.10 Å². The molecule has 0 saturated carbocycles. The molecule has 5 rings (SSSR count). The van der Waals surface area contributed by atoms with E-state index < -0.39 is 6.04 Å². The highest BCUT2D eigenvalue weighted by Gasteiger charge is 2.34. The van der Waals surface area contributed by atoms with Gasteiger partial charge in [-0.2, -0.15) is 4.98 Å². The number of fused-ring (bicyclic) bond motifs is 1. The van der Waals surface area contributed by atoms with Crippen LogP contribution >= 0.6 is 11.6 Å². The monoisotopic (exact) mass is 441 g/mol. The Kier molecular flexibility index (Phi) is 5.21. The van der Waals surface area contributed by atoms with Crippen molar-refractivity contribution in [3.63, 3.8) is 0 Å². The SMILES string of the molecule is CC1=C(C(=O)Nc2ccccc2)C(c2ccc(Cl)cc2)n2nc(-c3ccccc3)nc2N1. The third-order valence-electron chi connectivity index (χ3n) is 5.35. The maximum atomic E-state index is 13.4. The number of allylic oxidation sites excluding steroid dienone is 1. The van der Waals surface area contributed by atoms with Crippen LogP contribution in [0.2, 0.25) is 5.02 Å². The quantitative estimate of drug-likeness (QED) is 0.437. The fourth-order valence-electron chi connectivity index (χ4n) is 3.83. The van der Waals surface area contributed by atoms with Crippen molar-refractivity contribution in [2.45, 2.75) is 13.0 Å². The predicted octanol–water partition coefficient (Wildman–Crippen LogP) is 5.53. The summed E-state index contributed by atoms with van der Waals surface area (Å²) in [6.45, 7) is 1.88. The van der Waals surface area contributed by atoms with Crippen LogP contribution in [0.5, 0.6) is 0 Å². The van der Waals surface area contributed by atoms with Crippen LogP contribution in [0.4, 0.5) is 11.6 Å². The average Bonchev–Trinajstić information content (AvgIpc) is 3.23. The van der Waals surface area contributed by atoms with Crippen LogP contribution in [0.15, 0.2) is 96.2 Å². The van der Waals surface area contributed by atoms with Crippen molar-refractivity contribution < 1.29 is 4.79 Å². The minimum absolute atomic E-state index is 0.205. The molecule has 1 aliphatic heterocycles. The standard InChI is InChI=1S/C25H20ClN5O/c1-16-21(24(32)28-20-10-6-3-7-11-20)22(17-12-14-19(26)15-13-17)31-25(27-16)29-23(30-31)18-8-4-2-5-9-18/h2-15,22H,1H3,(H,28,32)(H,27,29,30). The summed E-state index contributed by atoms with van der Waals surface area (Å²) in [5.41, 5.74) is 3.80. The Morgan fingerprint density at radius 2 is 1.62 bits per heavy atom. The normalized spacial score (nSPS) is 15.1. The zero-order valence-electron chi connectivity index (χ0n) is 17.3. The Balaban J connectivity index is 1.60. The van der Waals surface area contributed by atoms with Crippen LogP contribution in [0.25, 0.3) is 11.4 Å². The summed E-state index contributed by atoms with van der Waals surface area (Å²) >= 11 is 6.13. The number of para-hydroxylation sites is 1. The van der Waals surface area contributed by atoms with E-state index in [1.807, 2.05) is 91.9 Å². The summed E-state index contributed by atoms with van der Waals surface area (Å²) in [5, 5.41) is 11.7. The number of hydrogen-bond donors (Lipinski definition) is 2. The molecule has 0 fully saturated rings. The van der Waals surface area contributed by atoms with E-state index in [9.17, 15) is 4.79 Å². The third-order valence-corrected chi connectivity index (χ3v) is 5.60. The van der Waals surface area contributed by atoms with Crippen molar-refractivity contribution in [1.29, 1.82) is 0 Å². The van der Waals surface area contributed by atoms with Gasteiger partial charge in [-0.3, -0.25) is 4.79 Å². The fourth-order valence-corrected chi connectivity index (χ4v) is 3.95. The second kappa shape index (κ2) is 8.32. The summed E-state index contributed by atoms with van der Waals surface area (Å²) in [4.78, 5) is 18.1. The highest BCUT2D eigenvalue weighted by atomic mass is 35.5. The minimum Gasteiger partial charge on any atom is -0.328 e. The zero-order valence-corrected chi connectivity index (χ0v) is 18.0. The summed E-state index contributed by atoms with van der Waals surface area (Å²) in [7, 11) is 0. The van der Waals surface area contributed by atoms with E-state index in [1.165, 1.54) is 0 Å². The average molecular weight is 442 g/mol. The van der Waals surface area contributed by atoms with Crippen LogP contribution in [-0.4, -0.2) is 20.7 Å². The Labute approximate surface area is 190 Å². The van der Waals surface area contributed by atoms with Crippen LogP contribution in [0, 0.1) is 0 Å². The van der Waals surface area contributed by atoms with E-state index in [4.69, 9.17) is 21.7 Å². The number of benzene rings is 3. The first-order valence-electron chi connectivity index (χ1n) is 10.2. The van der Waals surface area contributed by atoms with Crippen molar-refractivity contribution in [3.8, 4) is 11.4 Å². The number of carbonyl (C=O) groups excluding carboxylic acids is 1. The molecule has 158 valence electrons. The fraction of sp³-hybridized carbons (Fsp3) is 0.0800. The zero-order chi connectivity index (χ0) is 22.1. The number of carbonyl (C=O) groups is 1. The molecule has 2 N–H and O–H groups in total. The topological polar surface area (TPSA) is 71.8 Å². The molecule has 0 radical (unpaired) electrons. The van der Waals surface area contributed by atoms with Gasteiger partial charge in [-0.25, -0.2) is 4.68 Å². The van der Waals surface area contributed by atoms with Gasteiger partial charge in [0.25, 0.3) is 5.91 Å². The summed E-state index contributed by atoms with van der Waals surface area (Å²) in [6, 6.07) is 26.1. The molecule has 2 heterocycles. The number of halogens is 1. The maximum absolute atomic E-state index is 13.4. The van der Waals surface area contributed by atoms with Crippen molar-refractivity contribution in [2.24, 2.45) is 0 Å². The number of anilines is 2. The first-order chi connectivity index (χ1) is 15.6. The van der Waals surface area contributed by atoms with E-state index >= 15 is 0 Å². The minimum atomic E-state index is -0.461. The van der Waals surface area contributed by atoms with Gasteiger partial charge < -0.3 is 10.6 Å². The molecule has 4 aromatic rings. The Morgan fingerprint density at radius 3 is 2.31 bits per heavy atom. The molecule has 1 unspecified atom stereocenters. The van der Waals surface area contributed by atoms with E-state index in [2.05, 4.69) is 10.6 Å². The summed E-state index contributed by atoms with van der Waals surface area (Å²) in [5.74, 6) is 0.964. The summed E-state index contributed by atoms with van der Waals surface area (Å²) < 4.78 is 1.76. The van der Waals surface area contributed by atoms with Crippen molar-refractivity contribution in [3.05, 3.63) is 107 Å². The summed E-state index contributed by atoms with van der Waals surface area (Å²) in [6.07, 6.45) is 0. The molecule has 0 saturated heterocycles. The van der Waals surface area contributed by atoms with Gasteiger partial charge in [-0.1, -0.05) is 72.3 Å². The lowest BCUT2D eigenvalue weighted by atomic mass is 9.95. The molecule has 0 aliphatic carbocycles. The molecular formula is C25H20ClN5O. The van der Waals surface area contributed by atoms with E-state index in [0.717, 1.165) is 22.5 Å². The van der Waals surface area contributed by atoms with Gasteiger partial charge in [-0.05, 0) is 36.8 Å². The Morgan fingerprint density at radius 1 is 0.969 bits per heavy atom. The number of nitrogens with one attached hydrogen (secondary N) is 2. The van der Waals surface area contributed by atoms with Crippen LogP contribution < -0.4 is 10.6 Å². The van der Waals surface area contributed by atoms with Crippen molar-refractivity contribution in [1.82, 2.24) is 14.8 Å². The molecule has 1 aliphatic rings. The van der Waals surface area contributed by atoms with Crippen molar-refractivity contribution in [2.75, 3.05) is 10.6 Å². The first kappa shape index (κ1) is 20.0. The maximum Gasteiger partial charge on any atom is 0.255 e. The lowest BCUT2D eigenvalue weighted by Gasteiger charge is -2.28. The molecule has 32 heavy (non-hydrogen) atoms. The number of nitrogens with zero attached hydrogens (tertiary/aromatic N) is 3. The van der Waals surface area contributed by atoms with Crippen molar-refractivity contribution >= 4 is 29.1 Å². The van der Waals surface area contributed by atoms with E-state index in [1.54, 1.807) is 4.68 Å². The second-order valence-electron chi connectivity index (χ2n) is 7.51. The smallest absolute Gasteiger partial charge is 0.255 e. The number of amides is 1. The van der Waals surface area contributed by atoms with Gasteiger partial charge in [0.1, 0.15) is 6.04 Å². The number of aromatic nitrogens is 3. The van der Waals surface area contributed by atoms with E-state index in [-0.39, 0.29) is 5.91 Å². The predicted molar refractivity (Wildman–Crippen MR) is 126 cm³/mol. The second-order valence-corrected chi connectivity index (χ2v) is 7.94. The molecule has 0 bridgehead atoms. The van der Waals surface area contributed by atoms with Crippen LogP contribution in [0.1, 0.15) is 18.5 Å². The molecule has 1 atom stereocenters. The van der Waals surface area contributed by atoms with Gasteiger partial charge in [0.2, 0.25) is 5.95 Å². The van der Waals surface area contributed by atoms with Gasteiger partial charge in [0.05, 0.1) is 5.57 Å². The first-order valence-corrected chi connectivity index (χ1v) is 10.6. The number of hydrogen-bond acceptors (Lipinski definition) is 4. The Hall–Kier alpha value is -3.90. The number of rotatable bonds is 4. The molecule has 7 heteroatoms. The van der Waals surface area contributed by atoms with Crippen LogP contribution in [-0.2, 0) is 4.79 Å². The van der Waals surface area contributed by atoms with E-state index in [0.29, 0.717) is 22.4 Å². The molecule has 0 spiro atoms. The molecule has 3 aromatic carbocycles. The highest BCUT2D eigenvalue weighted by molar-refractivity contribution is 6.30. The lowest BCUT2D eigenvalue weighted by molar-refractivity contribution is -0.113. The molecule has 1 aromatic heterocycles. The molecule has 1 amide bonds. The van der Waals surface area contributed by atoms with Gasteiger partial charge >= 0.3 is 0 Å². The molecular weight excluding hydrogens is 422 g/mol. The van der Waals surface area contributed by atoms with Crippen LogP contribution in [0.3, 0.4) is 0 Å². The largest absolute Gasteiger partial charge is 0.328 e.